The number of nitrogens with zero attached hydrogens (tertiary/aromatic N) is 4. The van der Waals surface area contributed by atoms with Crippen molar-refractivity contribution in [3.8, 4) is 11.5 Å². The molecule has 0 amide bonds. The molecule has 0 spiro atoms. The molecule has 0 fully saturated rings. The van der Waals surface area contributed by atoms with Crippen LogP contribution >= 0.6 is 0 Å². The molecule has 110 valence electrons. The minimum absolute atomic E-state index is 0.133. The first-order valence-corrected chi connectivity index (χ1v) is 6.43. The fourth-order valence-corrected chi connectivity index (χ4v) is 2.18. The van der Waals surface area contributed by atoms with Gasteiger partial charge in [-0.1, -0.05) is 6.07 Å². The smallest absolute Gasteiger partial charge is 0.231 e. The van der Waals surface area contributed by atoms with Crippen molar-refractivity contribution in [2.24, 2.45) is 0 Å². The average molecular weight is 288 g/mol. The largest absolute Gasteiger partial charge is 0.454 e. The molecule has 8 nitrogen and oxygen atoms in total. The minimum Gasteiger partial charge on any atom is -0.454 e. The highest BCUT2D eigenvalue weighted by molar-refractivity contribution is 5.44. The molecule has 1 aliphatic rings. The highest BCUT2D eigenvalue weighted by Gasteiger charge is 2.14. The lowest BCUT2D eigenvalue weighted by atomic mass is 10.2. The summed E-state index contributed by atoms with van der Waals surface area (Å²) >= 11 is 0. The van der Waals surface area contributed by atoms with Crippen molar-refractivity contribution >= 4 is 11.9 Å². The first-order chi connectivity index (χ1) is 10.1. The van der Waals surface area contributed by atoms with Crippen LogP contribution in [0.1, 0.15) is 11.4 Å². The monoisotopic (exact) mass is 288 g/mol. The van der Waals surface area contributed by atoms with Gasteiger partial charge in [0.2, 0.25) is 18.7 Å². The predicted octanol–water partition coefficient (Wildman–Crippen LogP) is 0.397. The molecule has 8 heteroatoms. The number of nitrogens with two attached hydrogens (primary N) is 2. The third-order valence-electron chi connectivity index (χ3n) is 3.02. The fraction of sp³-hybridized carbons (Fsp3) is 0.308. The van der Waals surface area contributed by atoms with Crippen LogP contribution in [0.15, 0.2) is 18.2 Å². The second-order valence-corrected chi connectivity index (χ2v) is 4.83. The summed E-state index contributed by atoms with van der Waals surface area (Å²) < 4.78 is 10.7. The molecule has 1 aliphatic heterocycles. The number of rotatable bonds is 4. The Morgan fingerprint density at radius 1 is 1.05 bits per heavy atom. The molecule has 0 bridgehead atoms. The first kappa shape index (κ1) is 13.4. The van der Waals surface area contributed by atoms with Gasteiger partial charge in [-0.2, -0.15) is 15.0 Å². The summed E-state index contributed by atoms with van der Waals surface area (Å²) in [7, 11) is 1.96. The maximum atomic E-state index is 5.56. The summed E-state index contributed by atoms with van der Waals surface area (Å²) in [6.45, 7) is 1.51. The van der Waals surface area contributed by atoms with Crippen molar-refractivity contribution in [1.29, 1.82) is 0 Å². The zero-order valence-corrected chi connectivity index (χ0v) is 11.6. The van der Waals surface area contributed by atoms with E-state index in [2.05, 4.69) is 15.0 Å². The van der Waals surface area contributed by atoms with Gasteiger partial charge in [0.05, 0.1) is 6.54 Å². The van der Waals surface area contributed by atoms with Crippen LogP contribution in [0.4, 0.5) is 11.9 Å². The summed E-state index contributed by atoms with van der Waals surface area (Å²) in [4.78, 5) is 13.9. The van der Waals surface area contributed by atoms with E-state index in [1.54, 1.807) is 0 Å². The van der Waals surface area contributed by atoms with Crippen molar-refractivity contribution in [1.82, 2.24) is 19.9 Å². The summed E-state index contributed by atoms with van der Waals surface area (Å²) in [6.07, 6.45) is 0. The van der Waals surface area contributed by atoms with Gasteiger partial charge >= 0.3 is 0 Å². The van der Waals surface area contributed by atoms with Crippen LogP contribution in [0.3, 0.4) is 0 Å². The lowest BCUT2D eigenvalue weighted by Gasteiger charge is -2.16. The number of fused-ring (bicyclic) bond motifs is 1. The van der Waals surface area contributed by atoms with Gasteiger partial charge in [-0.25, -0.2) is 0 Å². The lowest BCUT2D eigenvalue weighted by molar-refractivity contribution is 0.174. The Hall–Kier alpha value is -2.61. The Morgan fingerprint density at radius 3 is 2.52 bits per heavy atom. The van der Waals surface area contributed by atoms with Gasteiger partial charge in [-0.05, 0) is 24.7 Å². The maximum absolute atomic E-state index is 5.56. The molecule has 0 aliphatic carbocycles. The zero-order chi connectivity index (χ0) is 14.8. The first-order valence-electron chi connectivity index (χ1n) is 6.43. The van der Waals surface area contributed by atoms with Crippen LogP contribution in [0.5, 0.6) is 11.5 Å². The third kappa shape index (κ3) is 3.11. The van der Waals surface area contributed by atoms with Crippen molar-refractivity contribution in [3.05, 3.63) is 29.6 Å². The van der Waals surface area contributed by atoms with Gasteiger partial charge < -0.3 is 20.9 Å². The van der Waals surface area contributed by atoms with E-state index < -0.39 is 0 Å². The molecule has 3 rings (SSSR count). The summed E-state index contributed by atoms with van der Waals surface area (Å²) in [5.74, 6) is 2.36. The standard InChI is InChI=1S/C13H16N6O2/c1-19(6-11-16-12(14)18-13(15)17-11)5-8-2-3-9-10(4-8)21-7-20-9/h2-4H,5-7H2,1H3,(H4,14,15,16,17,18). The van der Waals surface area contributed by atoms with Gasteiger partial charge in [-0.3, -0.25) is 4.90 Å². The Bertz CT molecular complexity index is 643. The van der Waals surface area contributed by atoms with E-state index in [1.807, 2.05) is 30.1 Å². The number of hydrogen-bond acceptors (Lipinski definition) is 8. The van der Waals surface area contributed by atoms with Crippen LogP contribution in [0.25, 0.3) is 0 Å². The fourth-order valence-electron chi connectivity index (χ4n) is 2.18. The molecule has 1 aromatic carbocycles. The van der Waals surface area contributed by atoms with Crippen LogP contribution < -0.4 is 20.9 Å². The molecule has 0 saturated heterocycles. The molecular formula is C13H16N6O2. The van der Waals surface area contributed by atoms with Crippen LogP contribution in [-0.2, 0) is 13.1 Å². The molecule has 2 aromatic rings. The highest BCUT2D eigenvalue weighted by atomic mass is 16.7. The maximum Gasteiger partial charge on any atom is 0.231 e. The van der Waals surface area contributed by atoms with Crippen molar-refractivity contribution in [3.63, 3.8) is 0 Å². The van der Waals surface area contributed by atoms with E-state index in [0.717, 1.165) is 17.1 Å². The molecular weight excluding hydrogens is 272 g/mol. The van der Waals surface area contributed by atoms with E-state index in [-0.39, 0.29) is 18.7 Å². The molecule has 0 radical (unpaired) electrons. The number of anilines is 2. The Balaban J connectivity index is 1.67. The van der Waals surface area contributed by atoms with Crippen LogP contribution in [-0.4, -0.2) is 33.7 Å². The SMILES string of the molecule is CN(Cc1ccc2c(c1)OCO2)Cc1nc(N)nc(N)n1. The van der Waals surface area contributed by atoms with Crippen LogP contribution in [0.2, 0.25) is 0 Å². The Labute approximate surface area is 121 Å². The minimum atomic E-state index is 0.133. The van der Waals surface area contributed by atoms with Crippen molar-refractivity contribution < 1.29 is 9.47 Å². The Kier molecular flexibility index (Phi) is 3.44. The summed E-state index contributed by atoms with van der Waals surface area (Å²) in [5, 5.41) is 0. The van der Waals surface area contributed by atoms with Gasteiger partial charge in [0, 0.05) is 6.54 Å². The highest BCUT2D eigenvalue weighted by Crippen LogP contribution is 2.32. The Morgan fingerprint density at radius 2 is 1.76 bits per heavy atom. The molecule has 0 unspecified atom stereocenters. The zero-order valence-electron chi connectivity index (χ0n) is 11.6. The number of aromatic nitrogens is 3. The number of benzene rings is 1. The summed E-state index contributed by atoms with van der Waals surface area (Å²) in [5.41, 5.74) is 12.2. The van der Waals surface area contributed by atoms with E-state index in [9.17, 15) is 0 Å². The molecule has 1 aromatic heterocycles. The molecule has 4 N–H and O–H groups in total. The van der Waals surface area contributed by atoms with E-state index in [0.29, 0.717) is 18.9 Å². The number of ether oxygens (including phenoxy) is 2. The van der Waals surface area contributed by atoms with E-state index in [4.69, 9.17) is 20.9 Å². The molecule has 2 heterocycles. The normalized spacial score (nSPS) is 12.9. The summed E-state index contributed by atoms with van der Waals surface area (Å²) in [6, 6.07) is 5.87. The predicted molar refractivity (Wildman–Crippen MR) is 76.4 cm³/mol. The van der Waals surface area contributed by atoms with E-state index >= 15 is 0 Å². The van der Waals surface area contributed by atoms with Gasteiger partial charge in [-0.15, -0.1) is 0 Å². The molecule has 0 saturated carbocycles. The topological polar surface area (TPSA) is 112 Å². The number of hydrogen-bond donors (Lipinski definition) is 2. The van der Waals surface area contributed by atoms with Crippen molar-refractivity contribution in [2.75, 3.05) is 25.3 Å². The van der Waals surface area contributed by atoms with E-state index in [1.165, 1.54) is 0 Å². The van der Waals surface area contributed by atoms with Gasteiger partial charge in [0.25, 0.3) is 0 Å². The molecule has 21 heavy (non-hydrogen) atoms. The lowest BCUT2D eigenvalue weighted by Crippen LogP contribution is -2.20. The second kappa shape index (κ2) is 5.41. The average Bonchev–Trinajstić information content (AvgIpc) is 2.84. The van der Waals surface area contributed by atoms with Crippen molar-refractivity contribution in [2.45, 2.75) is 13.1 Å². The van der Waals surface area contributed by atoms with Gasteiger partial charge in [0.1, 0.15) is 5.82 Å². The molecule has 0 atom stereocenters. The van der Waals surface area contributed by atoms with Gasteiger partial charge in [0.15, 0.2) is 11.5 Å². The quantitative estimate of drug-likeness (QED) is 0.831. The second-order valence-electron chi connectivity index (χ2n) is 4.83. The third-order valence-corrected chi connectivity index (χ3v) is 3.02. The number of nitrogen functional groups attached to an aromatic ring is 2. The van der Waals surface area contributed by atoms with Crippen LogP contribution in [0, 0.1) is 0 Å².